The zero-order valence-corrected chi connectivity index (χ0v) is 12.8. The van der Waals surface area contributed by atoms with Crippen molar-refractivity contribution in [3.63, 3.8) is 0 Å². The summed E-state index contributed by atoms with van der Waals surface area (Å²) >= 11 is 0. The van der Waals surface area contributed by atoms with Crippen LogP contribution in [0, 0.1) is 5.92 Å². The SMILES string of the molecule is COc1cccc(C(=O)CN2CCN(CC3CC3)CC2)c1. The van der Waals surface area contributed by atoms with Crippen LogP contribution in [0.3, 0.4) is 0 Å². The van der Waals surface area contributed by atoms with Gasteiger partial charge >= 0.3 is 0 Å². The first-order valence-electron chi connectivity index (χ1n) is 7.86. The number of rotatable bonds is 6. The molecule has 2 fully saturated rings. The number of piperazine rings is 1. The fourth-order valence-electron chi connectivity index (χ4n) is 2.89. The summed E-state index contributed by atoms with van der Waals surface area (Å²) in [6.07, 6.45) is 2.82. The van der Waals surface area contributed by atoms with Crippen molar-refractivity contribution in [2.75, 3.05) is 46.4 Å². The third kappa shape index (κ3) is 4.05. The molecule has 0 spiro atoms. The van der Waals surface area contributed by atoms with Gasteiger partial charge in [-0.15, -0.1) is 0 Å². The fourth-order valence-corrected chi connectivity index (χ4v) is 2.89. The van der Waals surface area contributed by atoms with Crippen LogP contribution in [0.1, 0.15) is 23.2 Å². The molecule has 1 heterocycles. The molecule has 0 unspecified atom stereocenters. The number of hydrogen-bond acceptors (Lipinski definition) is 4. The molecule has 1 saturated carbocycles. The lowest BCUT2D eigenvalue weighted by atomic mass is 10.1. The summed E-state index contributed by atoms with van der Waals surface area (Å²) < 4.78 is 5.18. The molecule has 0 aromatic heterocycles. The van der Waals surface area contributed by atoms with Crippen molar-refractivity contribution < 1.29 is 9.53 Å². The van der Waals surface area contributed by atoms with Crippen molar-refractivity contribution in [2.45, 2.75) is 12.8 Å². The quantitative estimate of drug-likeness (QED) is 0.749. The summed E-state index contributed by atoms with van der Waals surface area (Å²) in [5.41, 5.74) is 0.745. The normalized spacial score (nSPS) is 20.4. The van der Waals surface area contributed by atoms with E-state index in [0.29, 0.717) is 6.54 Å². The van der Waals surface area contributed by atoms with E-state index in [1.54, 1.807) is 7.11 Å². The maximum absolute atomic E-state index is 12.3. The van der Waals surface area contributed by atoms with Crippen LogP contribution in [0.4, 0.5) is 0 Å². The van der Waals surface area contributed by atoms with E-state index in [2.05, 4.69) is 9.80 Å². The molecule has 0 amide bonds. The number of carbonyl (C=O) groups is 1. The van der Waals surface area contributed by atoms with Crippen molar-refractivity contribution in [3.8, 4) is 5.75 Å². The number of Topliss-reactive ketones (excluding diaryl/α,β-unsaturated/α-hetero) is 1. The van der Waals surface area contributed by atoms with E-state index in [0.717, 1.165) is 43.4 Å². The van der Waals surface area contributed by atoms with Gasteiger partial charge in [0.15, 0.2) is 5.78 Å². The highest BCUT2D eigenvalue weighted by molar-refractivity contribution is 5.97. The van der Waals surface area contributed by atoms with Gasteiger partial charge in [0, 0.05) is 38.3 Å². The van der Waals surface area contributed by atoms with Gasteiger partial charge in [-0.1, -0.05) is 12.1 Å². The number of benzene rings is 1. The second-order valence-corrected chi connectivity index (χ2v) is 6.18. The Hall–Kier alpha value is -1.39. The van der Waals surface area contributed by atoms with E-state index in [9.17, 15) is 4.79 Å². The fraction of sp³-hybridized carbons (Fsp3) is 0.588. The van der Waals surface area contributed by atoms with Gasteiger partial charge in [-0.3, -0.25) is 9.69 Å². The average molecular weight is 288 g/mol. The first-order chi connectivity index (χ1) is 10.2. The Labute approximate surface area is 126 Å². The lowest BCUT2D eigenvalue weighted by molar-refractivity contribution is 0.0847. The van der Waals surface area contributed by atoms with Crippen LogP contribution in [0.2, 0.25) is 0 Å². The summed E-state index contributed by atoms with van der Waals surface area (Å²) in [5, 5.41) is 0. The zero-order valence-electron chi connectivity index (χ0n) is 12.8. The number of hydrogen-bond donors (Lipinski definition) is 0. The average Bonchev–Trinajstić information content (AvgIpc) is 3.33. The molecule has 0 N–H and O–H groups in total. The van der Waals surface area contributed by atoms with Crippen LogP contribution in [-0.4, -0.2) is 62.0 Å². The number of nitrogens with zero attached hydrogens (tertiary/aromatic N) is 2. The Morgan fingerprint density at radius 3 is 2.57 bits per heavy atom. The minimum absolute atomic E-state index is 0.185. The van der Waals surface area contributed by atoms with Crippen LogP contribution >= 0.6 is 0 Å². The monoisotopic (exact) mass is 288 g/mol. The van der Waals surface area contributed by atoms with Crippen LogP contribution < -0.4 is 4.74 Å². The minimum Gasteiger partial charge on any atom is -0.497 e. The molecular formula is C17H24N2O2. The van der Waals surface area contributed by atoms with E-state index >= 15 is 0 Å². The molecule has 1 aliphatic carbocycles. The van der Waals surface area contributed by atoms with Gasteiger partial charge in [0.25, 0.3) is 0 Å². The molecule has 4 heteroatoms. The third-order valence-corrected chi connectivity index (χ3v) is 4.44. The molecule has 114 valence electrons. The maximum Gasteiger partial charge on any atom is 0.176 e. The second-order valence-electron chi connectivity index (χ2n) is 6.18. The van der Waals surface area contributed by atoms with Crippen LogP contribution in [0.15, 0.2) is 24.3 Å². The Bertz CT molecular complexity index is 491. The number of ketones is 1. The predicted octanol–water partition coefficient (Wildman–Crippen LogP) is 1.91. The number of carbonyl (C=O) groups excluding carboxylic acids is 1. The number of methoxy groups -OCH3 is 1. The van der Waals surface area contributed by atoms with Crippen LogP contribution in [0.25, 0.3) is 0 Å². The van der Waals surface area contributed by atoms with Crippen LogP contribution in [-0.2, 0) is 0 Å². The highest BCUT2D eigenvalue weighted by Gasteiger charge is 2.26. The van der Waals surface area contributed by atoms with Gasteiger partial charge in [0.1, 0.15) is 5.75 Å². The van der Waals surface area contributed by atoms with Gasteiger partial charge in [-0.05, 0) is 30.9 Å². The predicted molar refractivity (Wildman–Crippen MR) is 82.9 cm³/mol. The molecule has 1 aliphatic heterocycles. The molecule has 1 aromatic rings. The van der Waals surface area contributed by atoms with Crippen molar-refractivity contribution in [2.24, 2.45) is 5.92 Å². The topological polar surface area (TPSA) is 32.8 Å². The van der Waals surface area contributed by atoms with E-state index in [-0.39, 0.29) is 5.78 Å². The molecule has 0 atom stereocenters. The van der Waals surface area contributed by atoms with Gasteiger partial charge in [0.05, 0.1) is 13.7 Å². The van der Waals surface area contributed by atoms with E-state index in [1.807, 2.05) is 24.3 Å². The Morgan fingerprint density at radius 1 is 1.19 bits per heavy atom. The largest absolute Gasteiger partial charge is 0.497 e. The molecule has 1 saturated heterocycles. The first kappa shape index (κ1) is 14.5. The van der Waals surface area contributed by atoms with Gasteiger partial charge in [-0.2, -0.15) is 0 Å². The van der Waals surface area contributed by atoms with Gasteiger partial charge < -0.3 is 9.64 Å². The van der Waals surface area contributed by atoms with E-state index < -0.39 is 0 Å². The van der Waals surface area contributed by atoms with Crippen molar-refractivity contribution in [3.05, 3.63) is 29.8 Å². The van der Waals surface area contributed by atoms with Crippen molar-refractivity contribution >= 4 is 5.78 Å². The summed E-state index contributed by atoms with van der Waals surface area (Å²) in [4.78, 5) is 17.2. The summed E-state index contributed by atoms with van der Waals surface area (Å²) in [6, 6.07) is 7.44. The van der Waals surface area contributed by atoms with E-state index in [4.69, 9.17) is 4.74 Å². The molecule has 1 aromatic carbocycles. The molecule has 0 bridgehead atoms. The highest BCUT2D eigenvalue weighted by atomic mass is 16.5. The second kappa shape index (κ2) is 6.58. The Morgan fingerprint density at radius 2 is 1.90 bits per heavy atom. The molecular weight excluding hydrogens is 264 g/mol. The van der Waals surface area contributed by atoms with Crippen molar-refractivity contribution in [1.82, 2.24) is 9.80 Å². The molecule has 3 rings (SSSR count). The molecule has 0 radical (unpaired) electrons. The van der Waals surface area contributed by atoms with Gasteiger partial charge in [-0.25, -0.2) is 0 Å². The zero-order chi connectivity index (χ0) is 14.7. The standard InChI is InChI=1S/C17H24N2O2/c1-21-16-4-2-3-15(11-16)17(20)13-19-9-7-18(8-10-19)12-14-5-6-14/h2-4,11,14H,5-10,12-13H2,1H3. The summed E-state index contributed by atoms with van der Waals surface area (Å²) in [7, 11) is 1.63. The Kier molecular flexibility index (Phi) is 4.56. The third-order valence-electron chi connectivity index (χ3n) is 4.44. The molecule has 4 nitrogen and oxygen atoms in total. The molecule has 2 aliphatic rings. The summed E-state index contributed by atoms with van der Waals surface area (Å²) in [6.45, 7) is 5.98. The Balaban J connectivity index is 1.48. The summed E-state index contributed by atoms with van der Waals surface area (Å²) in [5.74, 6) is 1.88. The van der Waals surface area contributed by atoms with E-state index in [1.165, 1.54) is 19.4 Å². The van der Waals surface area contributed by atoms with Gasteiger partial charge in [0.2, 0.25) is 0 Å². The van der Waals surface area contributed by atoms with Crippen LogP contribution in [0.5, 0.6) is 5.75 Å². The highest BCUT2D eigenvalue weighted by Crippen LogP contribution is 2.29. The lowest BCUT2D eigenvalue weighted by Crippen LogP contribution is -2.48. The lowest BCUT2D eigenvalue weighted by Gasteiger charge is -2.34. The molecule has 21 heavy (non-hydrogen) atoms. The first-order valence-corrected chi connectivity index (χ1v) is 7.86. The minimum atomic E-state index is 0.185. The number of ether oxygens (including phenoxy) is 1. The van der Waals surface area contributed by atoms with Crippen molar-refractivity contribution in [1.29, 1.82) is 0 Å². The maximum atomic E-state index is 12.3. The smallest absolute Gasteiger partial charge is 0.176 e.